The van der Waals surface area contributed by atoms with E-state index in [-0.39, 0.29) is 5.92 Å². The summed E-state index contributed by atoms with van der Waals surface area (Å²) in [7, 11) is 0. The van der Waals surface area contributed by atoms with E-state index in [1.54, 1.807) is 0 Å². The molecular weight excluding hydrogens is 224 g/mol. The van der Waals surface area contributed by atoms with Gasteiger partial charge in [0.1, 0.15) is 5.75 Å². The van der Waals surface area contributed by atoms with Crippen LogP contribution in [0.2, 0.25) is 0 Å². The van der Waals surface area contributed by atoms with Crippen LogP contribution in [0.1, 0.15) is 26.3 Å². The fraction of sp³-hybridized carbons (Fsp3) is 0.533. The SMILES string of the molecule is CCOc1ccc(CNCC(C#N)C(C)C)cc1. The Morgan fingerprint density at radius 1 is 1.28 bits per heavy atom. The predicted octanol–water partition coefficient (Wildman–Crippen LogP) is 2.97. The Labute approximate surface area is 110 Å². The molecule has 3 nitrogen and oxygen atoms in total. The van der Waals surface area contributed by atoms with Gasteiger partial charge in [-0.2, -0.15) is 5.26 Å². The van der Waals surface area contributed by atoms with Crippen molar-refractivity contribution in [2.45, 2.75) is 27.3 Å². The van der Waals surface area contributed by atoms with Crippen LogP contribution in [0.4, 0.5) is 0 Å². The lowest BCUT2D eigenvalue weighted by atomic mass is 9.97. The number of rotatable bonds is 7. The quantitative estimate of drug-likeness (QED) is 0.804. The van der Waals surface area contributed by atoms with Crippen molar-refractivity contribution >= 4 is 0 Å². The van der Waals surface area contributed by atoms with Crippen LogP contribution >= 0.6 is 0 Å². The maximum atomic E-state index is 8.98. The molecule has 0 aliphatic carbocycles. The summed E-state index contributed by atoms with van der Waals surface area (Å²) in [6, 6.07) is 10.4. The first-order chi connectivity index (χ1) is 8.67. The third kappa shape index (κ3) is 4.77. The predicted molar refractivity (Wildman–Crippen MR) is 73.3 cm³/mol. The average molecular weight is 246 g/mol. The van der Waals surface area contributed by atoms with Crippen LogP contribution in [0.3, 0.4) is 0 Å². The van der Waals surface area contributed by atoms with Crippen molar-refractivity contribution in [1.82, 2.24) is 5.32 Å². The number of ether oxygens (including phenoxy) is 1. The first-order valence-corrected chi connectivity index (χ1v) is 6.49. The van der Waals surface area contributed by atoms with Gasteiger partial charge in [-0.1, -0.05) is 26.0 Å². The lowest BCUT2D eigenvalue weighted by molar-refractivity contribution is 0.340. The summed E-state index contributed by atoms with van der Waals surface area (Å²) in [6.45, 7) is 8.34. The van der Waals surface area contributed by atoms with Gasteiger partial charge in [-0.15, -0.1) is 0 Å². The molecule has 18 heavy (non-hydrogen) atoms. The van der Waals surface area contributed by atoms with E-state index >= 15 is 0 Å². The Bertz CT molecular complexity index is 378. The number of nitriles is 1. The van der Waals surface area contributed by atoms with Crippen LogP contribution in [0.25, 0.3) is 0 Å². The van der Waals surface area contributed by atoms with Gasteiger partial charge in [-0.3, -0.25) is 0 Å². The van der Waals surface area contributed by atoms with Gasteiger partial charge < -0.3 is 10.1 Å². The molecule has 0 amide bonds. The number of hydrogen-bond acceptors (Lipinski definition) is 3. The maximum Gasteiger partial charge on any atom is 0.119 e. The van der Waals surface area contributed by atoms with E-state index in [0.717, 1.165) is 18.8 Å². The zero-order valence-electron chi connectivity index (χ0n) is 11.4. The Kier molecular flexibility index (Phi) is 6.24. The van der Waals surface area contributed by atoms with Gasteiger partial charge in [0, 0.05) is 13.1 Å². The maximum absolute atomic E-state index is 8.98. The van der Waals surface area contributed by atoms with Crippen molar-refractivity contribution < 1.29 is 4.74 Å². The minimum Gasteiger partial charge on any atom is -0.494 e. The molecule has 0 heterocycles. The molecule has 98 valence electrons. The van der Waals surface area contributed by atoms with Crippen molar-refractivity contribution in [3.63, 3.8) is 0 Å². The molecule has 0 aliphatic heterocycles. The first-order valence-electron chi connectivity index (χ1n) is 6.49. The Balaban J connectivity index is 2.37. The second kappa shape index (κ2) is 7.73. The smallest absolute Gasteiger partial charge is 0.119 e. The van der Waals surface area contributed by atoms with E-state index in [2.05, 4.69) is 37.4 Å². The van der Waals surface area contributed by atoms with Gasteiger partial charge in [0.2, 0.25) is 0 Å². The largest absolute Gasteiger partial charge is 0.494 e. The van der Waals surface area contributed by atoms with Gasteiger partial charge in [0.25, 0.3) is 0 Å². The topological polar surface area (TPSA) is 45.0 Å². The van der Waals surface area contributed by atoms with E-state index < -0.39 is 0 Å². The van der Waals surface area contributed by atoms with E-state index in [4.69, 9.17) is 10.00 Å². The van der Waals surface area contributed by atoms with E-state index in [0.29, 0.717) is 12.5 Å². The van der Waals surface area contributed by atoms with Gasteiger partial charge in [-0.25, -0.2) is 0 Å². The zero-order chi connectivity index (χ0) is 13.4. The van der Waals surface area contributed by atoms with Crippen LogP contribution in [0, 0.1) is 23.2 Å². The molecule has 0 radical (unpaired) electrons. The molecule has 0 spiro atoms. The fourth-order valence-electron chi connectivity index (χ4n) is 1.67. The van der Waals surface area contributed by atoms with Crippen LogP contribution in [-0.2, 0) is 6.54 Å². The van der Waals surface area contributed by atoms with Gasteiger partial charge in [-0.05, 0) is 30.5 Å². The molecule has 1 rings (SSSR count). The van der Waals surface area contributed by atoms with E-state index in [9.17, 15) is 0 Å². The molecule has 3 heteroatoms. The summed E-state index contributed by atoms with van der Waals surface area (Å²) >= 11 is 0. The summed E-state index contributed by atoms with van der Waals surface area (Å²) < 4.78 is 5.39. The molecule has 1 unspecified atom stereocenters. The molecule has 0 aromatic heterocycles. The molecule has 1 aromatic rings. The molecule has 1 atom stereocenters. The highest BCUT2D eigenvalue weighted by Crippen LogP contribution is 2.12. The number of benzene rings is 1. The highest BCUT2D eigenvalue weighted by Gasteiger charge is 2.11. The minimum absolute atomic E-state index is 0.0766. The minimum atomic E-state index is 0.0766. The second-order valence-corrected chi connectivity index (χ2v) is 4.69. The van der Waals surface area contributed by atoms with Crippen molar-refractivity contribution in [3.05, 3.63) is 29.8 Å². The fourth-order valence-corrected chi connectivity index (χ4v) is 1.67. The Morgan fingerprint density at radius 3 is 2.44 bits per heavy atom. The van der Waals surface area contributed by atoms with Crippen LogP contribution < -0.4 is 10.1 Å². The van der Waals surface area contributed by atoms with Gasteiger partial charge >= 0.3 is 0 Å². The van der Waals surface area contributed by atoms with Crippen molar-refractivity contribution in [2.24, 2.45) is 11.8 Å². The molecule has 0 saturated heterocycles. The summed E-state index contributed by atoms with van der Waals surface area (Å²) in [5.74, 6) is 1.37. The molecule has 1 aromatic carbocycles. The van der Waals surface area contributed by atoms with Crippen molar-refractivity contribution in [2.75, 3.05) is 13.2 Å². The monoisotopic (exact) mass is 246 g/mol. The standard InChI is InChI=1S/C15H22N2O/c1-4-18-15-7-5-13(6-8-15)10-17-11-14(9-16)12(2)3/h5-8,12,14,17H,4,10-11H2,1-3H3. The molecule has 0 bridgehead atoms. The second-order valence-electron chi connectivity index (χ2n) is 4.69. The normalized spacial score (nSPS) is 12.2. The van der Waals surface area contributed by atoms with Crippen molar-refractivity contribution in [3.8, 4) is 11.8 Å². The summed E-state index contributed by atoms with van der Waals surface area (Å²) in [5, 5.41) is 12.3. The average Bonchev–Trinajstić information content (AvgIpc) is 2.36. The molecule has 0 saturated carbocycles. The van der Waals surface area contributed by atoms with E-state index in [1.807, 2.05) is 19.1 Å². The zero-order valence-corrected chi connectivity index (χ0v) is 11.4. The first kappa shape index (κ1) is 14.5. The third-order valence-electron chi connectivity index (χ3n) is 2.90. The molecular formula is C15H22N2O. The lowest BCUT2D eigenvalue weighted by Gasteiger charge is -2.13. The molecule has 1 N–H and O–H groups in total. The number of nitrogens with zero attached hydrogens (tertiary/aromatic N) is 1. The van der Waals surface area contributed by atoms with Crippen LogP contribution in [0.15, 0.2) is 24.3 Å². The summed E-state index contributed by atoms with van der Waals surface area (Å²) in [5.41, 5.74) is 1.21. The van der Waals surface area contributed by atoms with Crippen LogP contribution in [-0.4, -0.2) is 13.2 Å². The lowest BCUT2D eigenvalue weighted by Crippen LogP contribution is -2.24. The third-order valence-corrected chi connectivity index (χ3v) is 2.90. The van der Waals surface area contributed by atoms with Gasteiger partial charge in [0.05, 0.1) is 18.6 Å². The van der Waals surface area contributed by atoms with E-state index in [1.165, 1.54) is 5.56 Å². The Hall–Kier alpha value is -1.53. The van der Waals surface area contributed by atoms with Crippen LogP contribution in [0.5, 0.6) is 5.75 Å². The highest BCUT2D eigenvalue weighted by atomic mass is 16.5. The number of hydrogen-bond donors (Lipinski definition) is 1. The Morgan fingerprint density at radius 2 is 1.94 bits per heavy atom. The number of nitrogens with one attached hydrogen (secondary N) is 1. The van der Waals surface area contributed by atoms with Gasteiger partial charge in [0.15, 0.2) is 0 Å². The van der Waals surface area contributed by atoms with Crippen molar-refractivity contribution in [1.29, 1.82) is 5.26 Å². The summed E-state index contributed by atoms with van der Waals surface area (Å²) in [4.78, 5) is 0. The molecule has 0 aliphatic rings. The molecule has 0 fully saturated rings. The summed E-state index contributed by atoms with van der Waals surface area (Å²) in [6.07, 6.45) is 0. The highest BCUT2D eigenvalue weighted by molar-refractivity contribution is 5.27.